The fourth-order valence-corrected chi connectivity index (χ4v) is 1.44. The van der Waals surface area contributed by atoms with Gasteiger partial charge in [-0.3, -0.25) is 0 Å². The van der Waals surface area contributed by atoms with E-state index < -0.39 is 5.60 Å². The quantitative estimate of drug-likeness (QED) is 0.796. The van der Waals surface area contributed by atoms with Crippen molar-refractivity contribution in [3.63, 3.8) is 0 Å². The summed E-state index contributed by atoms with van der Waals surface area (Å²) in [6.07, 6.45) is 1.52. The van der Waals surface area contributed by atoms with Crippen LogP contribution in [0, 0.1) is 0 Å². The van der Waals surface area contributed by atoms with Crippen LogP contribution >= 0.6 is 0 Å². The lowest BCUT2D eigenvalue weighted by Gasteiger charge is -2.17. The monoisotopic (exact) mass is 219 g/mol. The molecule has 1 heterocycles. The fourth-order valence-electron chi connectivity index (χ4n) is 1.44. The third-order valence-electron chi connectivity index (χ3n) is 2.27. The minimum Gasteiger partial charge on any atom is -0.508 e. The minimum absolute atomic E-state index is 0.189. The lowest BCUT2D eigenvalue weighted by atomic mass is 10.1. The number of phenols is 1. The number of aliphatic hydroxyl groups is 1. The molecule has 2 aromatic rings. The van der Waals surface area contributed by atoms with Crippen LogP contribution in [0.2, 0.25) is 0 Å². The van der Waals surface area contributed by atoms with Gasteiger partial charge in [-0.1, -0.05) is 5.21 Å². The van der Waals surface area contributed by atoms with Gasteiger partial charge in [0.15, 0.2) is 0 Å². The van der Waals surface area contributed by atoms with Crippen LogP contribution in [0.25, 0.3) is 5.69 Å². The molecule has 2 N–H and O–H groups in total. The summed E-state index contributed by atoms with van der Waals surface area (Å²) in [4.78, 5) is 0. The molecule has 0 radical (unpaired) electrons. The highest BCUT2D eigenvalue weighted by molar-refractivity contribution is 5.37. The van der Waals surface area contributed by atoms with E-state index in [0.717, 1.165) is 5.69 Å². The standard InChI is InChI=1S/C11H13N3O2/c1-11(2,16)10-7-12-13-14(10)8-3-5-9(15)6-4-8/h3-7,15-16H,1-2H3. The Morgan fingerprint density at radius 3 is 2.38 bits per heavy atom. The average molecular weight is 219 g/mol. The van der Waals surface area contributed by atoms with Crippen molar-refractivity contribution in [3.8, 4) is 11.4 Å². The van der Waals surface area contributed by atoms with Crippen LogP contribution in [-0.4, -0.2) is 25.2 Å². The van der Waals surface area contributed by atoms with Crippen molar-refractivity contribution in [2.75, 3.05) is 0 Å². The lowest BCUT2D eigenvalue weighted by molar-refractivity contribution is 0.0711. The number of rotatable bonds is 2. The van der Waals surface area contributed by atoms with E-state index in [1.807, 2.05) is 0 Å². The Bertz CT molecular complexity index is 483. The van der Waals surface area contributed by atoms with Crippen molar-refractivity contribution in [1.29, 1.82) is 0 Å². The second kappa shape index (κ2) is 3.61. The van der Waals surface area contributed by atoms with E-state index in [9.17, 15) is 10.2 Å². The van der Waals surface area contributed by atoms with Crippen LogP contribution < -0.4 is 0 Å². The van der Waals surface area contributed by atoms with Crippen molar-refractivity contribution in [3.05, 3.63) is 36.2 Å². The van der Waals surface area contributed by atoms with E-state index in [2.05, 4.69) is 10.3 Å². The van der Waals surface area contributed by atoms with E-state index in [4.69, 9.17) is 0 Å². The zero-order valence-corrected chi connectivity index (χ0v) is 9.12. The minimum atomic E-state index is -1.01. The number of phenolic OH excluding ortho intramolecular Hbond substituents is 1. The molecule has 5 heteroatoms. The molecule has 0 bridgehead atoms. The zero-order chi connectivity index (χ0) is 11.8. The largest absolute Gasteiger partial charge is 0.508 e. The molecule has 0 aliphatic rings. The third-order valence-corrected chi connectivity index (χ3v) is 2.27. The van der Waals surface area contributed by atoms with Crippen LogP contribution in [0.4, 0.5) is 0 Å². The number of benzene rings is 1. The molecule has 0 unspecified atom stereocenters. The maximum atomic E-state index is 9.92. The summed E-state index contributed by atoms with van der Waals surface area (Å²) in [6, 6.07) is 6.54. The molecule has 16 heavy (non-hydrogen) atoms. The van der Waals surface area contributed by atoms with Gasteiger partial charge in [0.2, 0.25) is 0 Å². The summed E-state index contributed by atoms with van der Waals surface area (Å²) >= 11 is 0. The van der Waals surface area contributed by atoms with Gasteiger partial charge in [-0.15, -0.1) is 5.10 Å². The Morgan fingerprint density at radius 1 is 1.19 bits per heavy atom. The zero-order valence-electron chi connectivity index (χ0n) is 9.12. The predicted molar refractivity (Wildman–Crippen MR) is 58.3 cm³/mol. The molecule has 0 amide bonds. The van der Waals surface area contributed by atoms with E-state index in [1.165, 1.54) is 6.20 Å². The number of aromatic nitrogens is 3. The highest BCUT2D eigenvalue weighted by atomic mass is 16.3. The van der Waals surface area contributed by atoms with Gasteiger partial charge in [0.25, 0.3) is 0 Å². The summed E-state index contributed by atoms with van der Waals surface area (Å²) in [5, 5.41) is 26.8. The van der Waals surface area contributed by atoms with Gasteiger partial charge < -0.3 is 10.2 Å². The van der Waals surface area contributed by atoms with Crippen molar-refractivity contribution >= 4 is 0 Å². The molecule has 1 aromatic heterocycles. The summed E-state index contributed by atoms with van der Waals surface area (Å²) < 4.78 is 1.54. The predicted octanol–water partition coefficient (Wildman–Crippen LogP) is 1.20. The maximum Gasteiger partial charge on any atom is 0.115 e. The highest BCUT2D eigenvalue weighted by Gasteiger charge is 2.22. The van der Waals surface area contributed by atoms with E-state index >= 15 is 0 Å². The van der Waals surface area contributed by atoms with Gasteiger partial charge in [0.05, 0.1) is 17.6 Å². The molecule has 0 saturated heterocycles. The van der Waals surface area contributed by atoms with Crippen LogP contribution in [0.15, 0.2) is 30.5 Å². The van der Waals surface area contributed by atoms with Crippen LogP contribution in [0.3, 0.4) is 0 Å². The second-order valence-electron chi connectivity index (χ2n) is 4.11. The van der Waals surface area contributed by atoms with Crippen LogP contribution in [0.1, 0.15) is 19.5 Å². The molecule has 0 saturated carbocycles. The first-order chi connectivity index (χ1) is 7.48. The SMILES string of the molecule is CC(C)(O)c1cnnn1-c1ccc(O)cc1. The normalized spacial score (nSPS) is 11.7. The topological polar surface area (TPSA) is 71.2 Å². The summed E-state index contributed by atoms with van der Waals surface area (Å²) in [5.74, 6) is 0.189. The molecule has 5 nitrogen and oxygen atoms in total. The van der Waals surface area contributed by atoms with E-state index in [0.29, 0.717) is 5.69 Å². The first kappa shape index (κ1) is 10.6. The van der Waals surface area contributed by atoms with Gasteiger partial charge in [0, 0.05) is 0 Å². The molecule has 0 fully saturated rings. The Morgan fingerprint density at radius 2 is 1.81 bits per heavy atom. The van der Waals surface area contributed by atoms with Gasteiger partial charge in [-0.05, 0) is 38.1 Å². The van der Waals surface area contributed by atoms with Crippen molar-refractivity contribution in [1.82, 2.24) is 15.0 Å². The van der Waals surface area contributed by atoms with Crippen molar-refractivity contribution in [2.24, 2.45) is 0 Å². The molecule has 84 valence electrons. The summed E-state index contributed by atoms with van der Waals surface area (Å²) in [6.45, 7) is 3.34. The van der Waals surface area contributed by atoms with Crippen molar-refractivity contribution in [2.45, 2.75) is 19.4 Å². The Labute approximate surface area is 93.0 Å². The molecular formula is C11H13N3O2. The number of aromatic hydroxyl groups is 1. The van der Waals surface area contributed by atoms with Gasteiger partial charge in [0.1, 0.15) is 11.4 Å². The first-order valence-corrected chi connectivity index (χ1v) is 4.91. The smallest absolute Gasteiger partial charge is 0.115 e. The van der Waals surface area contributed by atoms with Gasteiger partial charge >= 0.3 is 0 Å². The maximum absolute atomic E-state index is 9.92. The van der Waals surface area contributed by atoms with Crippen molar-refractivity contribution < 1.29 is 10.2 Å². The Hall–Kier alpha value is -1.88. The van der Waals surface area contributed by atoms with Gasteiger partial charge in [-0.2, -0.15) is 0 Å². The molecule has 0 aliphatic heterocycles. The molecule has 0 aliphatic carbocycles. The summed E-state index contributed by atoms with van der Waals surface area (Å²) in [7, 11) is 0. The van der Waals surface area contributed by atoms with Gasteiger partial charge in [-0.25, -0.2) is 4.68 Å². The average Bonchev–Trinajstić information content (AvgIpc) is 2.66. The Kier molecular flexibility index (Phi) is 2.40. The second-order valence-corrected chi connectivity index (χ2v) is 4.11. The van der Waals surface area contributed by atoms with E-state index in [-0.39, 0.29) is 5.75 Å². The Balaban J connectivity index is 2.49. The van der Waals surface area contributed by atoms with Crippen LogP contribution in [0.5, 0.6) is 5.75 Å². The lowest BCUT2D eigenvalue weighted by Crippen LogP contribution is -2.20. The molecule has 0 spiro atoms. The fraction of sp³-hybridized carbons (Fsp3) is 0.273. The summed E-state index contributed by atoms with van der Waals surface area (Å²) in [5.41, 5.74) is 0.326. The first-order valence-electron chi connectivity index (χ1n) is 4.91. The number of nitrogens with zero attached hydrogens (tertiary/aromatic N) is 3. The van der Waals surface area contributed by atoms with E-state index in [1.54, 1.807) is 42.8 Å². The third kappa shape index (κ3) is 1.90. The molecule has 0 atom stereocenters. The highest BCUT2D eigenvalue weighted by Crippen LogP contribution is 2.22. The number of hydrogen-bond donors (Lipinski definition) is 2. The molecule has 1 aromatic carbocycles. The molecule has 2 rings (SSSR count). The number of hydrogen-bond acceptors (Lipinski definition) is 4. The molecular weight excluding hydrogens is 206 g/mol. The van der Waals surface area contributed by atoms with Crippen LogP contribution in [-0.2, 0) is 5.60 Å².